The van der Waals surface area contributed by atoms with Crippen molar-refractivity contribution in [1.82, 2.24) is 0 Å². The monoisotopic (exact) mass is 139 g/mol. The van der Waals surface area contributed by atoms with Crippen molar-refractivity contribution in [3.8, 4) is 0 Å². The second kappa shape index (κ2) is 3.01. The molecule has 1 N–H and O–H groups in total. The van der Waals surface area contributed by atoms with E-state index in [4.69, 9.17) is 4.55 Å². The molecule has 0 aliphatic heterocycles. The molecule has 0 bridgehead atoms. The lowest BCUT2D eigenvalue weighted by atomic mass is 10.9. The summed E-state index contributed by atoms with van der Waals surface area (Å²) in [5.41, 5.74) is 0. The maximum absolute atomic E-state index is 9.79. The van der Waals surface area contributed by atoms with Gasteiger partial charge in [0.05, 0.1) is 0 Å². The molecule has 4 nitrogen and oxygen atoms in total. The Morgan fingerprint density at radius 1 is 1.62 bits per heavy atom. The van der Waals surface area contributed by atoms with E-state index >= 15 is 0 Å². The van der Waals surface area contributed by atoms with Gasteiger partial charge >= 0.3 is 0 Å². The van der Waals surface area contributed by atoms with Crippen molar-refractivity contribution in [1.29, 1.82) is 0 Å². The van der Waals surface area contributed by atoms with E-state index < -0.39 is 16.1 Å². The molecule has 0 unspecified atom stereocenters. The van der Waals surface area contributed by atoms with Crippen molar-refractivity contribution in [2.45, 2.75) is 0 Å². The Labute approximate surface area is 48.2 Å². The topological polar surface area (TPSA) is 63.6 Å². The lowest BCUT2D eigenvalue weighted by Gasteiger charge is -1.93. The highest BCUT2D eigenvalue weighted by molar-refractivity contribution is 7.85. The first-order valence-electron chi connectivity index (χ1n) is 1.88. The van der Waals surface area contributed by atoms with Crippen LogP contribution in [0, 0.1) is 6.92 Å². The Bertz CT molecular complexity index is 135. The summed E-state index contributed by atoms with van der Waals surface area (Å²) in [6, 6.07) is 0. The first-order valence-corrected chi connectivity index (χ1v) is 3.49. The van der Waals surface area contributed by atoms with Gasteiger partial charge in [-0.3, -0.25) is 4.55 Å². The third kappa shape index (κ3) is 5.87. The zero-order valence-electron chi connectivity index (χ0n) is 4.20. The molecule has 0 rings (SSSR count). The second-order valence-electron chi connectivity index (χ2n) is 1.11. The van der Waals surface area contributed by atoms with Gasteiger partial charge in [0.2, 0.25) is 0 Å². The molecular formula is C3H7O4S. The van der Waals surface area contributed by atoms with Gasteiger partial charge in [0, 0.05) is 6.61 Å². The molecule has 1 radical (unpaired) electrons. The molecule has 0 aliphatic carbocycles. The van der Waals surface area contributed by atoms with Crippen molar-refractivity contribution in [2.24, 2.45) is 0 Å². The summed E-state index contributed by atoms with van der Waals surface area (Å²) < 4.78 is 31.8. The normalized spacial score (nSPS) is 11.8. The fourth-order valence-corrected chi connectivity index (χ4v) is 0.493. The molecule has 0 aromatic rings. The first-order chi connectivity index (χ1) is 3.56. The van der Waals surface area contributed by atoms with Crippen molar-refractivity contribution in [3.63, 3.8) is 0 Å². The molecule has 0 amide bonds. The van der Waals surface area contributed by atoms with Crippen LogP contribution >= 0.6 is 0 Å². The molecule has 0 spiro atoms. The van der Waals surface area contributed by atoms with E-state index in [9.17, 15) is 8.42 Å². The third-order valence-corrected chi connectivity index (χ3v) is 0.841. The summed E-state index contributed by atoms with van der Waals surface area (Å²) in [5, 5.41) is 0. The predicted molar refractivity (Wildman–Crippen MR) is 27.7 cm³/mol. The second-order valence-corrected chi connectivity index (χ2v) is 2.51. The van der Waals surface area contributed by atoms with Crippen LogP contribution in [0.15, 0.2) is 0 Å². The number of hydrogen-bond acceptors (Lipinski definition) is 3. The van der Waals surface area contributed by atoms with Gasteiger partial charge in [-0.15, -0.1) is 0 Å². The molecule has 0 fully saturated rings. The van der Waals surface area contributed by atoms with Gasteiger partial charge in [-0.05, 0) is 6.92 Å². The van der Waals surface area contributed by atoms with E-state index in [1.165, 1.54) is 0 Å². The van der Waals surface area contributed by atoms with Gasteiger partial charge in [0.1, 0.15) is 0 Å². The minimum Gasteiger partial charge on any atom is -0.363 e. The fourth-order valence-electron chi connectivity index (χ4n) is 0.164. The molecule has 49 valence electrons. The Balaban J connectivity index is 3.42. The highest BCUT2D eigenvalue weighted by Crippen LogP contribution is 1.81. The molecule has 0 aromatic carbocycles. The average Bonchev–Trinajstić information content (AvgIpc) is 1.59. The maximum Gasteiger partial charge on any atom is 0.289 e. The molecule has 0 aromatic heterocycles. The number of ether oxygens (including phenoxy) is 1. The third-order valence-electron chi connectivity index (χ3n) is 0.377. The number of hydrogen-bond donors (Lipinski definition) is 1. The zero-order valence-corrected chi connectivity index (χ0v) is 5.02. The van der Waals surface area contributed by atoms with Crippen LogP contribution in [0.1, 0.15) is 0 Å². The Morgan fingerprint density at radius 3 is 2.25 bits per heavy atom. The minimum absolute atomic E-state index is 0.0415. The highest BCUT2D eigenvalue weighted by Gasteiger charge is 2.00. The summed E-state index contributed by atoms with van der Waals surface area (Å²) in [6.07, 6.45) is 0. The largest absolute Gasteiger partial charge is 0.363 e. The summed E-state index contributed by atoms with van der Waals surface area (Å²) in [4.78, 5) is 0. The van der Waals surface area contributed by atoms with Crippen LogP contribution in [0.4, 0.5) is 0 Å². The van der Waals surface area contributed by atoms with Crippen LogP contribution in [-0.4, -0.2) is 25.5 Å². The van der Waals surface area contributed by atoms with Crippen LogP contribution in [0.5, 0.6) is 0 Å². The van der Waals surface area contributed by atoms with E-state index in [1.807, 2.05) is 0 Å². The van der Waals surface area contributed by atoms with Crippen LogP contribution in [0.25, 0.3) is 0 Å². The van der Waals surface area contributed by atoms with Crippen molar-refractivity contribution in [3.05, 3.63) is 6.92 Å². The van der Waals surface area contributed by atoms with Crippen LogP contribution in [0.2, 0.25) is 0 Å². The number of rotatable bonds is 3. The quantitative estimate of drug-likeness (QED) is 0.544. The smallest absolute Gasteiger partial charge is 0.289 e. The van der Waals surface area contributed by atoms with Crippen molar-refractivity contribution < 1.29 is 17.7 Å². The van der Waals surface area contributed by atoms with Gasteiger partial charge in [-0.2, -0.15) is 8.42 Å². The molecule has 0 atom stereocenters. The fraction of sp³-hybridized carbons (Fsp3) is 0.667. The van der Waals surface area contributed by atoms with Crippen LogP contribution in [-0.2, 0) is 14.9 Å². The van der Waals surface area contributed by atoms with Gasteiger partial charge < -0.3 is 4.74 Å². The Kier molecular flexibility index (Phi) is 2.96. The zero-order chi connectivity index (χ0) is 6.62. The molecular weight excluding hydrogens is 132 g/mol. The summed E-state index contributed by atoms with van der Waals surface area (Å²) in [6.45, 7) is 3.23. The molecule has 0 saturated carbocycles. The predicted octanol–water partition coefficient (Wildman–Crippen LogP) is -0.318. The summed E-state index contributed by atoms with van der Waals surface area (Å²) >= 11 is 0. The van der Waals surface area contributed by atoms with Gasteiger partial charge in [0.25, 0.3) is 10.1 Å². The van der Waals surface area contributed by atoms with E-state index in [2.05, 4.69) is 11.7 Å². The lowest BCUT2D eigenvalue weighted by molar-refractivity contribution is 0.200. The van der Waals surface area contributed by atoms with Gasteiger partial charge in [0.15, 0.2) is 5.94 Å². The molecule has 0 aliphatic rings. The SMILES string of the molecule is [CH2]COCS(=O)(=O)O. The first kappa shape index (κ1) is 7.87. The lowest BCUT2D eigenvalue weighted by Crippen LogP contribution is -2.06. The molecule has 5 heteroatoms. The van der Waals surface area contributed by atoms with E-state index in [-0.39, 0.29) is 6.61 Å². The Hall–Kier alpha value is -0.130. The molecule has 0 saturated heterocycles. The van der Waals surface area contributed by atoms with E-state index in [0.717, 1.165) is 0 Å². The Morgan fingerprint density at radius 2 is 2.12 bits per heavy atom. The van der Waals surface area contributed by atoms with Crippen molar-refractivity contribution >= 4 is 10.1 Å². The standard InChI is InChI=1S/C3H7O4S/c1-2-7-3-8(4,5)6/h1-3H2,(H,4,5,6). The van der Waals surface area contributed by atoms with Crippen LogP contribution in [0.3, 0.4) is 0 Å². The van der Waals surface area contributed by atoms with E-state index in [0.29, 0.717) is 0 Å². The maximum atomic E-state index is 9.79. The highest BCUT2D eigenvalue weighted by atomic mass is 32.2. The van der Waals surface area contributed by atoms with Gasteiger partial charge in [-0.1, -0.05) is 0 Å². The average molecular weight is 139 g/mol. The molecule has 8 heavy (non-hydrogen) atoms. The molecule has 0 heterocycles. The van der Waals surface area contributed by atoms with E-state index in [1.54, 1.807) is 0 Å². The van der Waals surface area contributed by atoms with Crippen molar-refractivity contribution in [2.75, 3.05) is 12.5 Å². The summed E-state index contributed by atoms with van der Waals surface area (Å²) in [7, 11) is -3.95. The summed E-state index contributed by atoms with van der Waals surface area (Å²) in [5.74, 6) is -0.670. The van der Waals surface area contributed by atoms with Crippen LogP contribution < -0.4 is 0 Å². The minimum atomic E-state index is -3.95. The van der Waals surface area contributed by atoms with Gasteiger partial charge in [-0.25, -0.2) is 0 Å².